The molecule has 2 aliphatic rings. The standard InChI is InChI=1S/C16H25N5O2/c1-19(13-16(22)20-8-10-23-11-9-20)12-14-4-3-7-21(14)15-5-2-6-17-18-15/h2,5-6,14H,3-4,7-13H2,1H3/t14-/m0/s1. The van der Waals surface area contributed by atoms with Crippen LogP contribution in [-0.2, 0) is 9.53 Å². The fourth-order valence-electron chi connectivity index (χ4n) is 3.34. The zero-order valence-corrected chi connectivity index (χ0v) is 13.7. The summed E-state index contributed by atoms with van der Waals surface area (Å²) in [5.41, 5.74) is 0. The number of anilines is 1. The van der Waals surface area contributed by atoms with Gasteiger partial charge in [-0.3, -0.25) is 9.69 Å². The van der Waals surface area contributed by atoms with E-state index in [9.17, 15) is 4.79 Å². The highest BCUT2D eigenvalue weighted by Gasteiger charge is 2.28. The molecule has 0 saturated carbocycles. The van der Waals surface area contributed by atoms with Gasteiger partial charge < -0.3 is 14.5 Å². The van der Waals surface area contributed by atoms with Crippen LogP contribution in [0.3, 0.4) is 0 Å². The van der Waals surface area contributed by atoms with E-state index in [0.717, 1.165) is 31.7 Å². The van der Waals surface area contributed by atoms with E-state index in [4.69, 9.17) is 4.74 Å². The molecule has 0 radical (unpaired) electrons. The van der Waals surface area contributed by atoms with Gasteiger partial charge in [-0.05, 0) is 32.0 Å². The van der Waals surface area contributed by atoms with Crippen molar-refractivity contribution in [1.82, 2.24) is 20.0 Å². The van der Waals surface area contributed by atoms with E-state index in [0.29, 0.717) is 38.9 Å². The Hall–Kier alpha value is -1.73. The Morgan fingerprint density at radius 3 is 2.96 bits per heavy atom. The average molecular weight is 319 g/mol. The fourth-order valence-corrected chi connectivity index (χ4v) is 3.34. The molecule has 3 heterocycles. The van der Waals surface area contributed by atoms with Crippen LogP contribution in [-0.4, -0.2) is 84.9 Å². The number of hydrogen-bond acceptors (Lipinski definition) is 6. The third-order valence-corrected chi connectivity index (χ3v) is 4.52. The molecule has 1 atom stereocenters. The number of morpholine rings is 1. The van der Waals surface area contributed by atoms with Crippen LogP contribution < -0.4 is 4.90 Å². The molecule has 2 fully saturated rings. The number of rotatable bonds is 5. The summed E-state index contributed by atoms with van der Waals surface area (Å²) in [4.78, 5) is 18.7. The highest BCUT2D eigenvalue weighted by Crippen LogP contribution is 2.23. The number of aromatic nitrogens is 2. The summed E-state index contributed by atoms with van der Waals surface area (Å²) in [6, 6.07) is 4.32. The maximum absolute atomic E-state index is 12.3. The lowest BCUT2D eigenvalue weighted by atomic mass is 10.2. The Morgan fingerprint density at radius 1 is 1.39 bits per heavy atom. The minimum Gasteiger partial charge on any atom is -0.378 e. The van der Waals surface area contributed by atoms with Crippen molar-refractivity contribution < 1.29 is 9.53 Å². The molecule has 7 heteroatoms. The first-order valence-electron chi connectivity index (χ1n) is 8.32. The van der Waals surface area contributed by atoms with Crippen LogP contribution in [0.5, 0.6) is 0 Å². The van der Waals surface area contributed by atoms with Gasteiger partial charge in [0.05, 0.1) is 19.8 Å². The summed E-state index contributed by atoms with van der Waals surface area (Å²) < 4.78 is 5.30. The maximum Gasteiger partial charge on any atom is 0.236 e. The lowest BCUT2D eigenvalue weighted by Gasteiger charge is -2.31. The van der Waals surface area contributed by atoms with Crippen LogP contribution >= 0.6 is 0 Å². The second-order valence-electron chi connectivity index (χ2n) is 6.26. The molecule has 1 aromatic heterocycles. The zero-order valence-electron chi connectivity index (χ0n) is 13.7. The first-order chi connectivity index (χ1) is 11.2. The van der Waals surface area contributed by atoms with Gasteiger partial charge in [0.25, 0.3) is 0 Å². The van der Waals surface area contributed by atoms with Crippen molar-refractivity contribution in [3.8, 4) is 0 Å². The molecule has 0 bridgehead atoms. The number of hydrogen-bond donors (Lipinski definition) is 0. The van der Waals surface area contributed by atoms with Crippen LogP contribution in [0.25, 0.3) is 0 Å². The van der Waals surface area contributed by atoms with Crippen molar-refractivity contribution in [2.75, 3.05) is 57.9 Å². The van der Waals surface area contributed by atoms with Gasteiger partial charge in [-0.15, -0.1) is 5.10 Å². The summed E-state index contributed by atoms with van der Waals surface area (Å²) in [5.74, 6) is 1.13. The van der Waals surface area contributed by atoms with Gasteiger partial charge in [0, 0.05) is 38.4 Å². The maximum atomic E-state index is 12.3. The molecule has 0 N–H and O–H groups in total. The van der Waals surface area contributed by atoms with Crippen molar-refractivity contribution in [1.29, 1.82) is 0 Å². The molecule has 2 saturated heterocycles. The largest absolute Gasteiger partial charge is 0.378 e. The summed E-state index contributed by atoms with van der Waals surface area (Å²) in [6.07, 6.45) is 3.99. The fraction of sp³-hybridized carbons (Fsp3) is 0.688. The van der Waals surface area contributed by atoms with E-state index in [1.54, 1.807) is 6.20 Å². The van der Waals surface area contributed by atoms with Crippen LogP contribution in [0.15, 0.2) is 18.3 Å². The Labute approximate surface area is 137 Å². The molecule has 0 aliphatic carbocycles. The molecule has 3 rings (SSSR count). The van der Waals surface area contributed by atoms with Crippen molar-refractivity contribution in [3.05, 3.63) is 18.3 Å². The molecule has 1 aromatic rings. The van der Waals surface area contributed by atoms with Gasteiger partial charge in [0.2, 0.25) is 5.91 Å². The predicted octanol–water partition coefficient (Wildman–Crippen LogP) is 0.236. The number of ether oxygens (including phenoxy) is 1. The zero-order chi connectivity index (χ0) is 16.1. The van der Waals surface area contributed by atoms with Gasteiger partial charge in [0.1, 0.15) is 0 Å². The average Bonchev–Trinajstić information content (AvgIpc) is 3.04. The topological polar surface area (TPSA) is 61.8 Å². The van der Waals surface area contributed by atoms with Gasteiger partial charge in [-0.25, -0.2) is 0 Å². The quantitative estimate of drug-likeness (QED) is 0.775. The molecule has 0 aromatic carbocycles. The Bertz CT molecular complexity index is 506. The molecule has 7 nitrogen and oxygen atoms in total. The number of amides is 1. The predicted molar refractivity (Wildman–Crippen MR) is 87.3 cm³/mol. The van der Waals surface area contributed by atoms with Crippen molar-refractivity contribution >= 4 is 11.7 Å². The van der Waals surface area contributed by atoms with Crippen LogP contribution in [0.1, 0.15) is 12.8 Å². The minimum absolute atomic E-state index is 0.194. The van der Waals surface area contributed by atoms with Crippen molar-refractivity contribution in [3.63, 3.8) is 0 Å². The van der Waals surface area contributed by atoms with E-state index in [1.165, 1.54) is 0 Å². The molecule has 1 amide bonds. The molecule has 0 unspecified atom stereocenters. The van der Waals surface area contributed by atoms with E-state index in [1.807, 2.05) is 24.1 Å². The number of carbonyl (C=O) groups is 1. The third-order valence-electron chi connectivity index (χ3n) is 4.52. The van der Waals surface area contributed by atoms with E-state index >= 15 is 0 Å². The number of nitrogens with zero attached hydrogens (tertiary/aromatic N) is 5. The molecular weight excluding hydrogens is 294 g/mol. The first-order valence-corrected chi connectivity index (χ1v) is 8.32. The molecule has 126 valence electrons. The normalized spacial score (nSPS) is 21.9. The second kappa shape index (κ2) is 7.70. The van der Waals surface area contributed by atoms with Gasteiger partial charge in [-0.2, -0.15) is 5.10 Å². The van der Waals surface area contributed by atoms with Crippen LogP contribution in [0, 0.1) is 0 Å². The summed E-state index contributed by atoms with van der Waals surface area (Å²) in [7, 11) is 2.02. The summed E-state index contributed by atoms with van der Waals surface area (Å²) >= 11 is 0. The van der Waals surface area contributed by atoms with E-state index in [-0.39, 0.29) is 5.91 Å². The second-order valence-corrected chi connectivity index (χ2v) is 6.26. The number of likely N-dealkylation sites (N-methyl/N-ethyl adjacent to an activating group) is 1. The first kappa shape index (κ1) is 16.1. The molecule has 23 heavy (non-hydrogen) atoms. The molecule has 0 spiro atoms. The molecule has 2 aliphatic heterocycles. The molecular formula is C16H25N5O2. The van der Waals surface area contributed by atoms with Crippen LogP contribution in [0.2, 0.25) is 0 Å². The van der Waals surface area contributed by atoms with Gasteiger partial charge in [0.15, 0.2) is 5.82 Å². The Kier molecular flexibility index (Phi) is 5.40. The van der Waals surface area contributed by atoms with E-state index in [2.05, 4.69) is 20.0 Å². The van der Waals surface area contributed by atoms with Gasteiger partial charge >= 0.3 is 0 Å². The van der Waals surface area contributed by atoms with E-state index < -0.39 is 0 Å². The smallest absolute Gasteiger partial charge is 0.236 e. The van der Waals surface area contributed by atoms with Crippen LogP contribution in [0.4, 0.5) is 5.82 Å². The minimum atomic E-state index is 0.194. The lowest BCUT2D eigenvalue weighted by molar-refractivity contribution is -0.136. The third kappa shape index (κ3) is 4.17. The SMILES string of the molecule is CN(CC(=O)N1CCOCC1)C[C@@H]1CCCN1c1cccnn1. The summed E-state index contributed by atoms with van der Waals surface area (Å²) in [6.45, 7) is 5.06. The Balaban J connectivity index is 1.52. The summed E-state index contributed by atoms with van der Waals surface area (Å²) in [5, 5.41) is 8.20. The van der Waals surface area contributed by atoms with Crippen molar-refractivity contribution in [2.45, 2.75) is 18.9 Å². The lowest BCUT2D eigenvalue weighted by Crippen LogP contribution is -2.47. The van der Waals surface area contributed by atoms with Gasteiger partial charge in [-0.1, -0.05) is 0 Å². The highest BCUT2D eigenvalue weighted by molar-refractivity contribution is 5.78. The Morgan fingerprint density at radius 2 is 2.22 bits per heavy atom. The highest BCUT2D eigenvalue weighted by atomic mass is 16.5. The van der Waals surface area contributed by atoms with Crippen molar-refractivity contribution in [2.24, 2.45) is 0 Å². The number of carbonyl (C=O) groups excluding carboxylic acids is 1. The monoisotopic (exact) mass is 319 g/mol.